The summed E-state index contributed by atoms with van der Waals surface area (Å²) in [6, 6.07) is 10.8. The summed E-state index contributed by atoms with van der Waals surface area (Å²) in [4.78, 5) is 29.3. The first kappa shape index (κ1) is 17.8. The SMILES string of the molecule is CC(CCc1cccc(=O)[nH]1)NC1CCn2c(=O)[nH]c3cccc(c32)C1O. The van der Waals surface area contributed by atoms with E-state index in [9.17, 15) is 14.7 Å². The lowest BCUT2D eigenvalue weighted by Gasteiger charge is -2.26. The highest BCUT2D eigenvalue weighted by molar-refractivity contribution is 5.79. The molecule has 0 saturated heterocycles. The second-order valence-corrected chi connectivity index (χ2v) is 7.31. The summed E-state index contributed by atoms with van der Waals surface area (Å²) in [7, 11) is 0. The number of imidazole rings is 1. The van der Waals surface area contributed by atoms with Crippen LogP contribution < -0.4 is 16.6 Å². The summed E-state index contributed by atoms with van der Waals surface area (Å²) in [6.45, 7) is 2.63. The predicted octanol–water partition coefficient (Wildman–Crippen LogP) is 1.43. The monoisotopic (exact) mass is 368 g/mol. The van der Waals surface area contributed by atoms with E-state index in [1.165, 1.54) is 6.07 Å². The number of aromatic amines is 2. The minimum atomic E-state index is -0.684. The number of aromatic nitrogens is 3. The van der Waals surface area contributed by atoms with E-state index >= 15 is 0 Å². The van der Waals surface area contributed by atoms with E-state index in [1.807, 2.05) is 24.3 Å². The number of rotatable bonds is 5. The Morgan fingerprint density at radius 2 is 2.04 bits per heavy atom. The molecule has 4 N–H and O–H groups in total. The quantitative estimate of drug-likeness (QED) is 0.547. The maximum atomic E-state index is 12.2. The predicted molar refractivity (Wildman–Crippen MR) is 104 cm³/mol. The molecule has 1 aliphatic heterocycles. The van der Waals surface area contributed by atoms with E-state index in [4.69, 9.17) is 0 Å². The van der Waals surface area contributed by atoms with Gasteiger partial charge in [-0.15, -0.1) is 0 Å². The number of para-hydroxylation sites is 1. The Morgan fingerprint density at radius 3 is 2.85 bits per heavy atom. The van der Waals surface area contributed by atoms with Crippen LogP contribution in [0.5, 0.6) is 0 Å². The summed E-state index contributed by atoms with van der Waals surface area (Å²) in [5, 5.41) is 14.5. The van der Waals surface area contributed by atoms with Gasteiger partial charge in [0.2, 0.25) is 5.56 Å². The normalized spacial score (nSPS) is 20.5. The molecule has 3 unspecified atom stereocenters. The number of aliphatic hydroxyl groups excluding tert-OH is 1. The van der Waals surface area contributed by atoms with Crippen molar-refractivity contribution >= 4 is 11.0 Å². The van der Waals surface area contributed by atoms with Crippen LogP contribution in [0.15, 0.2) is 46.0 Å². The third kappa shape index (κ3) is 3.48. The van der Waals surface area contributed by atoms with Gasteiger partial charge < -0.3 is 20.4 Å². The zero-order valence-corrected chi connectivity index (χ0v) is 15.2. The molecule has 0 amide bonds. The minimum absolute atomic E-state index is 0.0902. The van der Waals surface area contributed by atoms with Crippen LogP contribution in [0, 0.1) is 0 Å². The fourth-order valence-electron chi connectivity index (χ4n) is 3.98. The first-order valence-corrected chi connectivity index (χ1v) is 9.36. The number of nitrogens with one attached hydrogen (secondary N) is 3. The van der Waals surface area contributed by atoms with Gasteiger partial charge in [0.1, 0.15) is 0 Å². The van der Waals surface area contributed by atoms with E-state index in [-0.39, 0.29) is 23.3 Å². The first-order valence-electron chi connectivity index (χ1n) is 9.36. The zero-order valence-electron chi connectivity index (χ0n) is 15.2. The third-order valence-electron chi connectivity index (χ3n) is 5.36. The molecule has 3 aromatic rings. The number of aliphatic hydroxyl groups is 1. The molecule has 0 aliphatic carbocycles. The van der Waals surface area contributed by atoms with Gasteiger partial charge in [-0.1, -0.05) is 18.2 Å². The number of H-pyrrole nitrogens is 2. The lowest BCUT2D eigenvalue weighted by molar-refractivity contribution is 0.119. The molecule has 3 atom stereocenters. The molecule has 7 nitrogen and oxygen atoms in total. The summed E-state index contributed by atoms with van der Waals surface area (Å²) in [5.41, 5.74) is 3.02. The maximum absolute atomic E-state index is 12.2. The van der Waals surface area contributed by atoms with Gasteiger partial charge in [0.05, 0.1) is 17.1 Å². The minimum Gasteiger partial charge on any atom is -0.387 e. The van der Waals surface area contributed by atoms with E-state index in [2.05, 4.69) is 22.2 Å². The van der Waals surface area contributed by atoms with Crippen molar-refractivity contribution in [2.75, 3.05) is 0 Å². The maximum Gasteiger partial charge on any atom is 0.326 e. The Labute approximate surface area is 156 Å². The standard InChI is InChI=1S/C20H24N4O3/c1-12(8-9-13-4-2-7-17(25)22-13)21-16-10-11-24-18-14(19(16)26)5-3-6-15(18)23-20(24)27/h2-7,12,16,19,21,26H,8-11H2,1H3,(H,22,25)(H,23,27). The smallest absolute Gasteiger partial charge is 0.326 e. The van der Waals surface area contributed by atoms with Gasteiger partial charge in [-0.3, -0.25) is 9.36 Å². The molecule has 3 heterocycles. The Balaban J connectivity index is 1.48. The van der Waals surface area contributed by atoms with Crippen molar-refractivity contribution in [3.8, 4) is 0 Å². The average Bonchev–Trinajstić information content (AvgIpc) is 2.90. The molecular formula is C20H24N4O3. The number of pyridine rings is 1. The largest absolute Gasteiger partial charge is 0.387 e. The van der Waals surface area contributed by atoms with E-state index in [0.29, 0.717) is 13.0 Å². The lowest BCUT2D eigenvalue weighted by Crippen LogP contribution is -2.41. The van der Waals surface area contributed by atoms with Crippen LogP contribution in [0.25, 0.3) is 11.0 Å². The number of hydrogen-bond acceptors (Lipinski definition) is 4. The van der Waals surface area contributed by atoms with Crippen molar-refractivity contribution in [3.05, 3.63) is 68.5 Å². The number of aryl methyl sites for hydroxylation is 2. The molecular weight excluding hydrogens is 344 g/mol. The van der Waals surface area contributed by atoms with Crippen LogP contribution >= 0.6 is 0 Å². The van der Waals surface area contributed by atoms with Gasteiger partial charge in [-0.05, 0) is 38.3 Å². The number of nitrogens with zero attached hydrogens (tertiary/aromatic N) is 1. The van der Waals surface area contributed by atoms with Gasteiger partial charge in [0.25, 0.3) is 0 Å². The molecule has 1 aliphatic rings. The fourth-order valence-corrected chi connectivity index (χ4v) is 3.98. The Bertz CT molecular complexity index is 1060. The zero-order chi connectivity index (χ0) is 19.0. The van der Waals surface area contributed by atoms with Crippen LogP contribution in [0.3, 0.4) is 0 Å². The molecule has 27 heavy (non-hydrogen) atoms. The van der Waals surface area contributed by atoms with E-state index < -0.39 is 6.10 Å². The summed E-state index contributed by atoms with van der Waals surface area (Å²) < 4.78 is 1.72. The molecule has 0 radical (unpaired) electrons. The molecule has 0 fully saturated rings. The molecule has 0 saturated carbocycles. The van der Waals surface area contributed by atoms with Gasteiger partial charge in [0.15, 0.2) is 0 Å². The lowest BCUT2D eigenvalue weighted by atomic mass is 9.98. The molecule has 2 aromatic heterocycles. The topological polar surface area (TPSA) is 103 Å². The number of hydrogen-bond donors (Lipinski definition) is 4. The van der Waals surface area contributed by atoms with Gasteiger partial charge >= 0.3 is 5.69 Å². The fraction of sp³-hybridized carbons (Fsp3) is 0.400. The molecule has 0 bridgehead atoms. The highest BCUT2D eigenvalue weighted by atomic mass is 16.3. The first-order chi connectivity index (χ1) is 13.0. The van der Waals surface area contributed by atoms with Crippen molar-refractivity contribution < 1.29 is 5.11 Å². The molecule has 7 heteroatoms. The van der Waals surface area contributed by atoms with Crippen molar-refractivity contribution in [3.63, 3.8) is 0 Å². The number of benzene rings is 1. The molecule has 4 rings (SSSR count). The summed E-state index contributed by atoms with van der Waals surface area (Å²) >= 11 is 0. The van der Waals surface area contributed by atoms with Crippen LogP contribution in [0.4, 0.5) is 0 Å². The van der Waals surface area contributed by atoms with Crippen molar-refractivity contribution in [2.45, 2.75) is 50.9 Å². The summed E-state index contributed by atoms with van der Waals surface area (Å²) in [6.07, 6.45) is 1.56. The second kappa shape index (κ2) is 7.17. The summed E-state index contributed by atoms with van der Waals surface area (Å²) in [5.74, 6) is 0. The Kier molecular flexibility index (Phi) is 4.72. The Hall–Kier alpha value is -2.64. The van der Waals surface area contributed by atoms with Gasteiger partial charge in [-0.25, -0.2) is 4.79 Å². The highest BCUT2D eigenvalue weighted by Crippen LogP contribution is 2.29. The molecule has 142 valence electrons. The van der Waals surface area contributed by atoms with Crippen LogP contribution in [0.1, 0.15) is 37.1 Å². The Morgan fingerprint density at radius 1 is 1.22 bits per heavy atom. The average molecular weight is 368 g/mol. The third-order valence-corrected chi connectivity index (χ3v) is 5.36. The van der Waals surface area contributed by atoms with Crippen molar-refractivity contribution in [2.24, 2.45) is 0 Å². The molecule has 1 aromatic carbocycles. The van der Waals surface area contributed by atoms with Crippen LogP contribution in [0.2, 0.25) is 0 Å². The second-order valence-electron chi connectivity index (χ2n) is 7.31. The highest BCUT2D eigenvalue weighted by Gasteiger charge is 2.29. The van der Waals surface area contributed by atoms with Crippen LogP contribution in [-0.4, -0.2) is 31.7 Å². The van der Waals surface area contributed by atoms with Crippen LogP contribution in [-0.2, 0) is 13.0 Å². The van der Waals surface area contributed by atoms with E-state index in [0.717, 1.165) is 35.1 Å². The van der Waals surface area contributed by atoms with Gasteiger partial charge in [0, 0.05) is 36.0 Å². The molecule has 0 spiro atoms. The van der Waals surface area contributed by atoms with Crippen molar-refractivity contribution in [1.82, 2.24) is 19.9 Å². The van der Waals surface area contributed by atoms with Gasteiger partial charge in [-0.2, -0.15) is 0 Å². The van der Waals surface area contributed by atoms with E-state index in [1.54, 1.807) is 10.6 Å². The van der Waals surface area contributed by atoms with Crippen molar-refractivity contribution in [1.29, 1.82) is 0 Å².